The van der Waals surface area contributed by atoms with Crippen LogP contribution in [-0.2, 0) is 16.1 Å². The van der Waals surface area contributed by atoms with Crippen molar-refractivity contribution < 1.29 is 19.4 Å². The van der Waals surface area contributed by atoms with Gasteiger partial charge in [-0.2, -0.15) is 0 Å². The van der Waals surface area contributed by atoms with Gasteiger partial charge in [0.1, 0.15) is 4.88 Å². The Morgan fingerprint density at radius 1 is 1.43 bits per heavy atom. The molecule has 0 atom stereocenters. The number of benzene rings is 1. The van der Waals surface area contributed by atoms with Crippen molar-refractivity contribution in [2.75, 3.05) is 11.9 Å². The van der Waals surface area contributed by atoms with Crippen LogP contribution in [0.25, 0.3) is 10.1 Å². The number of esters is 1. The van der Waals surface area contributed by atoms with Crippen LogP contribution < -0.4 is 5.32 Å². The average molecular weight is 328 g/mol. The largest absolute Gasteiger partial charge is 0.462 e. The number of aliphatic hydroxyl groups is 1. The van der Waals surface area contributed by atoms with E-state index < -0.39 is 5.97 Å². The highest BCUT2D eigenvalue weighted by molar-refractivity contribution is 7.22. The fourth-order valence-electron chi connectivity index (χ4n) is 1.93. The van der Waals surface area contributed by atoms with Gasteiger partial charge in [-0.1, -0.05) is 23.7 Å². The van der Waals surface area contributed by atoms with Crippen molar-refractivity contribution >= 4 is 50.6 Å². The quantitative estimate of drug-likeness (QED) is 0.846. The summed E-state index contributed by atoms with van der Waals surface area (Å²) in [4.78, 5) is 23.7. The molecule has 0 aliphatic carbocycles. The van der Waals surface area contributed by atoms with E-state index >= 15 is 0 Å². The molecule has 0 saturated carbocycles. The van der Waals surface area contributed by atoms with Crippen molar-refractivity contribution in [3.63, 3.8) is 0 Å². The highest BCUT2D eigenvalue weighted by Crippen LogP contribution is 2.41. The molecule has 2 aromatic rings. The molecule has 0 aliphatic heterocycles. The predicted octanol–water partition coefficient (Wildman–Crippen LogP) is 3.18. The number of hydrogen-bond donors (Lipinski definition) is 2. The second-order valence-corrected chi connectivity index (χ2v) is 5.68. The summed E-state index contributed by atoms with van der Waals surface area (Å²) in [6.45, 7) is 3.11. The fraction of sp³-hybridized carbons (Fsp3) is 0.286. The number of carbonyl (C=O) groups excluding carboxylic acids is 2. The number of fused-ring (bicyclic) bond motifs is 1. The lowest BCUT2D eigenvalue weighted by atomic mass is 10.1. The predicted molar refractivity (Wildman–Crippen MR) is 83.0 cm³/mol. The van der Waals surface area contributed by atoms with Gasteiger partial charge < -0.3 is 15.2 Å². The van der Waals surface area contributed by atoms with Crippen molar-refractivity contribution in [3.05, 3.63) is 27.6 Å². The van der Waals surface area contributed by atoms with Crippen molar-refractivity contribution in [2.24, 2.45) is 0 Å². The number of amides is 1. The van der Waals surface area contributed by atoms with E-state index in [1.165, 1.54) is 6.92 Å². The molecule has 5 nitrogen and oxygen atoms in total. The van der Waals surface area contributed by atoms with Crippen molar-refractivity contribution in [2.45, 2.75) is 20.5 Å². The smallest absolute Gasteiger partial charge is 0.350 e. The van der Waals surface area contributed by atoms with E-state index in [4.69, 9.17) is 16.3 Å². The summed E-state index contributed by atoms with van der Waals surface area (Å²) in [7, 11) is 0. The number of rotatable bonds is 4. The standard InChI is InChI=1S/C14H14ClNO4S/c1-3-20-14(19)13-11(16-7(2)18)9-5-4-8(6-17)10(15)12(9)21-13/h4-5,17H,3,6H2,1-2H3,(H,16,18). The maximum absolute atomic E-state index is 12.0. The van der Waals surface area contributed by atoms with Crippen LogP contribution in [0.15, 0.2) is 12.1 Å². The van der Waals surface area contributed by atoms with Gasteiger partial charge >= 0.3 is 5.97 Å². The molecule has 112 valence electrons. The number of ether oxygens (including phenoxy) is 1. The zero-order chi connectivity index (χ0) is 15.6. The Labute approximate surface area is 130 Å². The molecular formula is C14H14ClNO4S. The summed E-state index contributed by atoms with van der Waals surface area (Å²) in [5, 5.41) is 12.9. The zero-order valence-corrected chi connectivity index (χ0v) is 13.1. The van der Waals surface area contributed by atoms with Crippen LogP contribution in [0.1, 0.15) is 29.1 Å². The monoisotopic (exact) mass is 327 g/mol. The molecule has 1 heterocycles. The Hall–Kier alpha value is -1.63. The zero-order valence-electron chi connectivity index (χ0n) is 11.5. The number of anilines is 1. The lowest BCUT2D eigenvalue weighted by molar-refractivity contribution is -0.114. The summed E-state index contributed by atoms with van der Waals surface area (Å²) in [5.41, 5.74) is 0.961. The van der Waals surface area contributed by atoms with Gasteiger partial charge in [-0.25, -0.2) is 4.79 Å². The van der Waals surface area contributed by atoms with Gasteiger partial charge in [-0.15, -0.1) is 11.3 Å². The fourth-order valence-corrected chi connectivity index (χ4v) is 3.38. The number of thiophene rings is 1. The molecule has 0 bridgehead atoms. The molecule has 21 heavy (non-hydrogen) atoms. The number of hydrogen-bond acceptors (Lipinski definition) is 5. The van der Waals surface area contributed by atoms with Crippen molar-refractivity contribution in [1.82, 2.24) is 0 Å². The van der Waals surface area contributed by atoms with E-state index in [0.717, 1.165) is 11.3 Å². The summed E-state index contributed by atoms with van der Waals surface area (Å²) in [5.74, 6) is -0.799. The Bertz CT molecular complexity index is 711. The van der Waals surface area contributed by atoms with Crippen LogP contribution in [0, 0.1) is 0 Å². The first-order chi connectivity index (χ1) is 9.99. The average Bonchev–Trinajstić information content (AvgIpc) is 2.79. The first kappa shape index (κ1) is 15.8. The number of halogens is 1. The number of aliphatic hydroxyl groups excluding tert-OH is 1. The lowest BCUT2D eigenvalue weighted by Gasteiger charge is -2.05. The molecule has 0 radical (unpaired) electrons. The van der Waals surface area contributed by atoms with Crippen LogP contribution in [0.4, 0.5) is 5.69 Å². The highest BCUT2D eigenvalue weighted by atomic mass is 35.5. The maximum Gasteiger partial charge on any atom is 0.350 e. The van der Waals surface area contributed by atoms with Gasteiger partial charge in [0, 0.05) is 12.3 Å². The first-order valence-corrected chi connectivity index (χ1v) is 7.48. The molecule has 0 aliphatic rings. The van der Waals surface area contributed by atoms with E-state index in [-0.39, 0.29) is 19.1 Å². The molecule has 1 aromatic carbocycles. The van der Waals surface area contributed by atoms with E-state index in [0.29, 0.717) is 31.2 Å². The summed E-state index contributed by atoms with van der Waals surface area (Å²) in [6, 6.07) is 3.38. The normalized spacial score (nSPS) is 10.7. The van der Waals surface area contributed by atoms with Crippen LogP contribution in [-0.4, -0.2) is 23.6 Å². The molecule has 0 unspecified atom stereocenters. The molecule has 2 N–H and O–H groups in total. The minimum atomic E-state index is -0.510. The summed E-state index contributed by atoms with van der Waals surface area (Å²) < 4.78 is 5.64. The van der Waals surface area contributed by atoms with E-state index in [2.05, 4.69) is 5.32 Å². The molecule has 0 fully saturated rings. The molecule has 0 saturated heterocycles. The maximum atomic E-state index is 12.0. The van der Waals surface area contributed by atoms with Gasteiger partial charge in [0.25, 0.3) is 0 Å². The highest BCUT2D eigenvalue weighted by Gasteiger charge is 2.22. The van der Waals surface area contributed by atoms with Gasteiger partial charge in [-0.3, -0.25) is 4.79 Å². The van der Waals surface area contributed by atoms with Crippen LogP contribution >= 0.6 is 22.9 Å². The van der Waals surface area contributed by atoms with E-state index in [9.17, 15) is 14.7 Å². The second-order valence-electron chi connectivity index (χ2n) is 4.28. The van der Waals surface area contributed by atoms with Gasteiger partial charge in [0.2, 0.25) is 5.91 Å². The van der Waals surface area contributed by atoms with Crippen LogP contribution in [0.5, 0.6) is 0 Å². The minimum Gasteiger partial charge on any atom is -0.462 e. The third kappa shape index (κ3) is 3.02. The SMILES string of the molecule is CCOC(=O)c1sc2c(Cl)c(CO)ccc2c1NC(C)=O. The Morgan fingerprint density at radius 3 is 2.71 bits per heavy atom. The molecule has 1 aromatic heterocycles. The van der Waals surface area contributed by atoms with Crippen LogP contribution in [0.2, 0.25) is 5.02 Å². The topological polar surface area (TPSA) is 75.6 Å². The number of carbonyl (C=O) groups is 2. The Kier molecular flexibility index (Phi) is 4.82. The molecule has 0 spiro atoms. The lowest BCUT2D eigenvalue weighted by Crippen LogP contribution is -2.10. The van der Waals surface area contributed by atoms with Gasteiger partial charge in [0.15, 0.2) is 0 Å². The van der Waals surface area contributed by atoms with Crippen molar-refractivity contribution in [1.29, 1.82) is 0 Å². The third-order valence-corrected chi connectivity index (χ3v) is 4.56. The second kappa shape index (κ2) is 6.43. The summed E-state index contributed by atoms with van der Waals surface area (Å²) >= 11 is 7.37. The van der Waals surface area contributed by atoms with E-state index in [1.807, 2.05) is 0 Å². The Morgan fingerprint density at radius 2 is 2.14 bits per heavy atom. The number of nitrogens with one attached hydrogen (secondary N) is 1. The van der Waals surface area contributed by atoms with E-state index in [1.54, 1.807) is 19.1 Å². The third-order valence-electron chi connectivity index (χ3n) is 2.81. The molecule has 7 heteroatoms. The molecule has 1 amide bonds. The van der Waals surface area contributed by atoms with Crippen LogP contribution in [0.3, 0.4) is 0 Å². The van der Waals surface area contributed by atoms with Gasteiger partial charge in [-0.05, 0) is 12.5 Å². The minimum absolute atomic E-state index is 0.198. The first-order valence-electron chi connectivity index (χ1n) is 6.29. The Balaban J connectivity index is 2.68. The van der Waals surface area contributed by atoms with Crippen molar-refractivity contribution in [3.8, 4) is 0 Å². The molecular weight excluding hydrogens is 314 g/mol. The molecule has 2 rings (SSSR count). The summed E-state index contributed by atoms with van der Waals surface area (Å²) in [6.07, 6.45) is 0. The van der Waals surface area contributed by atoms with Gasteiger partial charge in [0.05, 0.1) is 28.6 Å².